The van der Waals surface area contributed by atoms with Crippen molar-refractivity contribution >= 4 is 17.6 Å². The largest absolute Gasteiger partial charge is 0.477 e. The molecule has 30 heavy (non-hydrogen) atoms. The minimum absolute atomic E-state index is 0.327. The highest BCUT2D eigenvalue weighted by molar-refractivity contribution is 6.30. The molecule has 156 valence electrons. The van der Waals surface area contributed by atoms with Crippen molar-refractivity contribution < 1.29 is 9.90 Å². The number of hydrogen-bond acceptors (Lipinski definition) is 4. The Hall–Kier alpha value is -2.70. The van der Waals surface area contributed by atoms with Crippen LogP contribution in [-0.2, 0) is 25.8 Å². The van der Waals surface area contributed by atoms with Gasteiger partial charge in [-0.05, 0) is 74.5 Å². The number of halogens is 1. The van der Waals surface area contributed by atoms with E-state index >= 15 is 0 Å². The highest BCUT2D eigenvalue weighted by Crippen LogP contribution is 2.34. The van der Waals surface area contributed by atoms with Gasteiger partial charge in [-0.3, -0.25) is 9.67 Å². The minimum Gasteiger partial charge on any atom is -0.477 e. The minimum atomic E-state index is -0.907. The highest BCUT2D eigenvalue weighted by atomic mass is 35.5. The van der Waals surface area contributed by atoms with Gasteiger partial charge in [-0.1, -0.05) is 23.7 Å². The van der Waals surface area contributed by atoms with Crippen molar-refractivity contribution in [3.63, 3.8) is 0 Å². The second-order valence-electron chi connectivity index (χ2n) is 7.57. The van der Waals surface area contributed by atoms with E-state index < -0.39 is 5.97 Å². The number of carbonyl (C=O) groups is 1. The lowest BCUT2D eigenvalue weighted by atomic mass is 9.90. The Morgan fingerprint density at radius 3 is 2.90 bits per heavy atom. The molecule has 2 N–H and O–H groups in total. The monoisotopic (exact) mass is 424 g/mol. The number of aryl methyl sites for hydroxylation is 3. The Labute approximate surface area is 180 Å². The fraction of sp³-hybridized carbons (Fsp3) is 0.348. The van der Waals surface area contributed by atoms with Gasteiger partial charge in [-0.15, -0.1) is 0 Å². The third-order valence-electron chi connectivity index (χ3n) is 5.49. The van der Waals surface area contributed by atoms with Gasteiger partial charge in [0.15, 0.2) is 0 Å². The molecule has 0 fully saturated rings. The van der Waals surface area contributed by atoms with Gasteiger partial charge in [0.2, 0.25) is 0 Å². The molecule has 0 radical (unpaired) electrons. The number of nitrogens with zero attached hydrogens (tertiary/aromatic N) is 3. The second kappa shape index (κ2) is 9.41. The Bertz CT molecular complexity index is 1050. The van der Waals surface area contributed by atoms with Crippen LogP contribution in [0.2, 0.25) is 5.02 Å². The predicted molar refractivity (Wildman–Crippen MR) is 117 cm³/mol. The van der Waals surface area contributed by atoms with Gasteiger partial charge in [0.25, 0.3) is 0 Å². The summed E-state index contributed by atoms with van der Waals surface area (Å²) in [6.45, 7) is 2.31. The Balaban J connectivity index is 1.31. The maximum absolute atomic E-state index is 11.9. The third kappa shape index (κ3) is 4.55. The molecule has 0 atom stereocenters. The first-order chi connectivity index (χ1) is 14.6. The van der Waals surface area contributed by atoms with E-state index in [0.29, 0.717) is 18.7 Å². The zero-order valence-electron chi connectivity index (χ0n) is 16.8. The number of aromatic carboxylic acids is 1. The average molecular weight is 425 g/mol. The van der Waals surface area contributed by atoms with Crippen LogP contribution < -0.4 is 5.32 Å². The van der Waals surface area contributed by atoms with Gasteiger partial charge < -0.3 is 10.4 Å². The summed E-state index contributed by atoms with van der Waals surface area (Å²) >= 11 is 6.02. The van der Waals surface area contributed by atoms with Crippen molar-refractivity contribution in [3.05, 3.63) is 70.1 Å². The number of rotatable bonds is 9. The quantitative estimate of drug-likeness (QED) is 0.507. The third-order valence-corrected chi connectivity index (χ3v) is 5.72. The van der Waals surface area contributed by atoms with E-state index in [4.69, 9.17) is 11.6 Å². The predicted octanol–water partition coefficient (Wildman–Crippen LogP) is 4.01. The molecule has 4 rings (SSSR count). The summed E-state index contributed by atoms with van der Waals surface area (Å²) < 4.78 is 1.66. The second-order valence-corrected chi connectivity index (χ2v) is 8.01. The van der Waals surface area contributed by atoms with Gasteiger partial charge in [-0.25, -0.2) is 4.79 Å². The molecule has 0 unspecified atom stereocenters. The van der Waals surface area contributed by atoms with Gasteiger partial charge in [0, 0.05) is 35.1 Å². The van der Waals surface area contributed by atoms with E-state index in [-0.39, 0.29) is 0 Å². The lowest BCUT2D eigenvalue weighted by Crippen LogP contribution is -2.20. The van der Waals surface area contributed by atoms with E-state index in [1.807, 2.05) is 30.5 Å². The maximum atomic E-state index is 11.9. The van der Waals surface area contributed by atoms with Crippen LogP contribution in [-0.4, -0.2) is 38.9 Å². The highest BCUT2D eigenvalue weighted by Gasteiger charge is 2.27. The summed E-state index contributed by atoms with van der Waals surface area (Å²) in [5.74, 6) is -0.907. The first kappa shape index (κ1) is 20.6. The molecule has 1 aromatic carbocycles. The number of nitrogens with one attached hydrogen (secondary N) is 1. The smallest absolute Gasteiger partial charge is 0.354 e. The van der Waals surface area contributed by atoms with Crippen LogP contribution in [0.15, 0.2) is 42.7 Å². The van der Waals surface area contributed by atoms with Crippen molar-refractivity contribution in [1.82, 2.24) is 20.1 Å². The van der Waals surface area contributed by atoms with Gasteiger partial charge in [-0.2, -0.15) is 5.10 Å². The Kier molecular flexibility index (Phi) is 6.45. The molecular weight excluding hydrogens is 400 g/mol. The number of pyridine rings is 1. The molecule has 7 heteroatoms. The molecule has 3 aromatic rings. The van der Waals surface area contributed by atoms with Crippen LogP contribution >= 0.6 is 11.6 Å². The van der Waals surface area contributed by atoms with Crippen molar-refractivity contribution in [1.29, 1.82) is 0 Å². The first-order valence-electron chi connectivity index (χ1n) is 10.3. The SMILES string of the molecule is O=C(O)c1c2c(nn1CCCNCCCc1cccc(Cl)c1)-c1ccncc1CC2. The van der Waals surface area contributed by atoms with E-state index in [0.717, 1.165) is 66.2 Å². The molecule has 2 aromatic heterocycles. The summed E-state index contributed by atoms with van der Waals surface area (Å²) in [7, 11) is 0. The molecule has 1 aliphatic rings. The molecule has 6 nitrogen and oxygen atoms in total. The molecule has 0 amide bonds. The standard InChI is InChI=1S/C23H25ClN4O2/c24-18-6-1-4-16(14-18)5-2-10-25-11-3-13-28-22(23(29)30)20-8-7-17-15-26-12-9-19(17)21(20)27-28/h1,4,6,9,12,14-15,25H,2-3,5,7-8,10-11,13H2,(H,29,30). The van der Waals surface area contributed by atoms with E-state index in [1.165, 1.54) is 5.56 Å². The summed E-state index contributed by atoms with van der Waals surface area (Å²) in [5, 5.41) is 18.6. The first-order valence-corrected chi connectivity index (χ1v) is 10.7. The van der Waals surface area contributed by atoms with Crippen molar-refractivity contribution in [2.45, 2.75) is 38.6 Å². The molecule has 1 aliphatic carbocycles. The number of carboxylic acid groups (broad SMARTS) is 1. The summed E-state index contributed by atoms with van der Waals surface area (Å²) in [4.78, 5) is 16.1. The average Bonchev–Trinajstić information content (AvgIpc) is 3.12. The van der Waals surface area contributed by atoms with Crippen LogP contribution in [0.5, 0.6) is 0 Å². The number of fused-ring (bicyclic) bond motifs is 3. The molecule has 0 spiro atoms. The summed E-state index contributed by atoms with van der Waals surface area (Å²) in [6.07, 6.45) is 7.92. The van der Waals surface area contributed by atoms with Gasteiger partial charge in [0.05, 0.1) is 5.69 Å². The van der Waals surface area contributed by atoms with Crippen LogP contribution in [0.3, 0.4) is 0 Å². The van der Waals surface area contributed by atoms with E-state index in [1.54, 1.807) is 10.9 Å². The molecule has 2 heterocycles. The Morgan fingerprint density at radius 1 is 1.20 bits per heavy atom. The zero-order valence-corrected chi connectivity index (χ0v) is 17.5. The zero-order chi connectivity index (χ0) is 20.9. The molecule has 0 bridgehead atoms. The van der Waals surface area contributed by atoms with E-state index in [9.17, 15) is 9.90 Å². The van der Waals surface area contributed by atoms with Gasteiger partial charge in [0.1, 0.15) is 5.69 Å². The summed E-state index contributed by atoms with van der Waals surface area (Å²) in [6, 6.07) is 9.88. The number of aromatic nitrogens is 3. The lowest BCUT2D eigenvalue weighted by molar-refractivity contribution is 0.0681. The number of hydrogen-bond donors (Lipinski definition) is 2. The van der Waals surface area contributed by atoms with Crippen molar-refractivity contribution in [2.24, 2.45) is 0 Å². The molecule has 0 aliphatic heterocycles. The van der Waals surface area contributed by atoms with Crippen LogP contribution in [0.1, 0.15) is 40.0 Å². The van der Waals surface area contributed by atoms with Crippen molar-refractivity contribution in [2.75, 3.05) is 13.1 Å². The summed E-state index contributed by atoms with van der Waals surface area (Å²) in [5.41, 5.74) is 5.35. The fourth-order valence-electron chi connectivity index (χ4n) is 4.06. The molecular formula is C23H25ClN4O2. The normalized spacial score (nSPS) is 12.4. The van der Waals surface area contributed by atoms with Crippen molar-refractivity contribution in [3.8, 4) is 11.3 Å². The van der Waals surface area contributed by atoms with Crippen LogP contribution in [0.25, 0.3) is 11.3 Å². The fourth-order valence-corrected chi connectivity index (χ4v) is 4.27. The van der Waals surface area contributed by atoms with Crippen LogP contribution in [0, 0.1) is 0 Å². The van der Waals surface area contributed by atoms with Gasteiger partial charge >= 0.3 is 5.97 Å². The lowest BCUT2D eigenvalue weighted by Gasteiger charge is -2.14. The number of carboxylic acids is 1. The Morgan fingerprint density at radius 2 is 2.07 bits per heavy atom. The van der Waals surface area contributed by atoms with Crippen LogP contribution in [0.4, 0.5) is 0 Å². The van der Waals surface area contributed by atoms with E-state index in [2.05, 4.69) is 21.5 Å². The molecule has 0 saturated carbocycles. The topological polar surface area (TPSA) is 80.0 Å². The number of benzene rings is 1. The maximum Gasteiger partial charge on any atom is 0.354 e. The molecule has 0 saturated heterocycles.